The van der Waals surface area contributed by atoms with Gasteiger partial charge in [0.25, 0.3) is 0 Å². The normalized spacial score (nSPS) is 16.6. The molecule has 0 bridgehead atoms. The number of hydrogen-bond donors (Lipinski definition) is 1. The molecule has 1 aliphatic heterocycles. The number of halogens is 1. The summed E-state index contributed by atoms with van der Waals surface area (Å²) >= 11 is 0. The minimum atomic E-state index is -0.474. The van der Waals surface area contributed by atoms with Crippen LogP contribution in [0.25, 0.3) is 22.2 Å². The molecule has 1 fully saturated rings. The second-order valence-corrected chi connectivity index (χ2v) is 7.77. The van der Waals surface area contributed by atoms with Gasteiger partial charge in [0.15, 0.2) is 5.65 Å². The molecule has 0 saturated carbocycles. The van der Waals surface area contributed by atoms with Gasteiger partial charge in [0.1, 0.15) is 23.3 Å². The third-order valence-corrected chi connectivity index (χ3v) is 5.48. The molecule has 1 saturated heterocycles. The van der Waals surface area contributed by atoms with E-state index in [1.807, 2.05) is 6.07 Å². The first-order valence-electron chi connectivity index (χ1n) is 10.3. The lowest BCUT2D eigenvalue weighted by Gasteiger charge is -2.12. The van der Waals surface area contributed by atoms with E-state index in [1.54, 1.807) is 25.3 Å². The Morgan fingerprint density at radius 3 is 3.06 bits per heavy atom. The number of likely N-dealkylation sites (tertiary alicyclic amines) is 1. The molecule has 4 heterocycles. The highest BCUT2D eigenvalue weighted by Crippen LogP contribution is 2.19. The molecule has 2 N–H and O–H groups in total. The lowest BCUT2D eigenvalue weighted by Crippen LogP contribution is -2.34. The molecule has 0 spiro atoms. The van der Waals surface area contributed by atoms with Crippen molar-refractivity contribution in [2.75, 3.05) is 13.1 Å². The Labute approximate surface area is 187 Å². The summed E-state index contributed by atoms with van der Waals surface area (Å²) in [5.74, 6) is -0.387. The number of hydrogen-bond acceptors (Lipinski definition) is 8. The Morgan fingerprint density at radius 1 is 1.36 bits per heavy atom. The quantitative estimate of drug-likeness (QED) is 0.362. The number of urea groups is 1. The number of nitrogens with zero attached hydrogens (tertiary/aromatic N) is 8. The average Bonchev–Trinajstić information content (AvgIpc) is 3.45. The van der Waals surface area contributed by atoms with Gasteiger partial charge in [-0.05, 0) is 19.1 Å². The van der Waals surface area contributed by atoms with E-state index in [0.717, 1.165) is 5.39 Å². The molecule has 1 aliphatic rings. The molecule has 0 unspecified atom stereocenters. The summed E-state index contributed by atoms with van der Waals surface area (Å²) in [4.78, 5) is 31.3. The van der Waals surface area contributed by atoms with Crippen molar-refractivity contribution >= 4 is 33.9 Å². The summed E-state index contributed by atoms with van der Waals surface area (Å²) in [6, 6.07) is 6.33. The standard InChI is InChI=1S/C21H20FN9O2/c1-12(28-33-15-4-6-30(11-15)21(23)32)18-9-25-19-20(26-18)31(29-27-19)10-14-7-13-3-2-5-24-17(13)8-16(14)22/h2-3,5,7-9,15H,4,6,10-11H2,1H3,(H2,23,32)/b28-12-/t15-/m0/s1. The number of benzene rings is 1. The Hall–Kier alpha value is -4.22. The molecule has 2 amide bonds. The minimum absolute atomic E-state index is 0.128. The van der Waals surface area contributed by atoms with Crippen LogP contribution in [0.3, 0.4) is 0 Å². The lowest BCUT2D eigenvalue weighted by molar-refractivity contribution is 0.0675. The van der Waals surface area contributed by atoms with Gasteiger partial charge in [-0.3, -0.25) is 4.98 Å². The molecule has 12 heteroatoms. The number of carbonyl (C=O) groups excluding carboxylic acids is 1. The van der Waals surface area contributed by atoms with Crippen LogP contribution >= 0.6 is 0 Å². The van der Waals surface area contributed by atoms with Gasteiger partial charge < -0.3 is 15.5 Å². The fraction of sp³-hybridized carbons (Fsp3) is 0.286. The first-order valence-corrected chi connectivity index (χ1v) is 10.3. The molecular weight excluding hydrogens is 429 g/mol. The maximum absolute atomic E-state index is 14.6. The van der Waals surface area contributed by atoms with Crippen LogP contribution in [-0.2, 0) is 11.4 Å². The van der Waals surface area contributed by atoms with Crippen molar-refractivity contribution < 1.29 is 14.0 Å². The molecule has 0 radical (unpaired) electrons. The van der Waals surface area contributed by atoms with Gasteiger partial charge >= 0.3 is 6.03 Å². The summed E-state index contributed by atoms with van der Waals surface area (Å²) in [5.41, 5.74) is 8.01. The summed E-state index contributed by atoms with van der Waals surface area (Å²) in [5, 5.41) is 13.1. The Balaban J connectivity index is 1.38. The smallest absolute Gasteiger partial charge is 0.314 e. The number of rotatable bonds is 5. The molecular formula is C21H20FN9O2. The highest BCUT2D eigenvalue weighted by Gasteiger charge is 2.26. The highest BCUT2D eigenvalue weighted by atomic mass is 19.1. The summed E-state index contributed by atoms with van der Waals surface area (Å²) in [6.07, 6.45) is 3.56. The molecule has 168 valence electrons. The molecule has 3 aromatic heterocycles. The van der Waals surface area contributed by atoms with Gasteiger partial charge in [0.05, 0.1) is 24.8 Å². The van der Waals surface area contributed by atoms with Crippen molar-refractivity contribution in [1.29, 1.82) is 0 Å². The van der Waals surface area contributed by atoms with Crippen LogP contribution in [0.4, 0.5) is 9.18 Å². The van der Waals surface area contributed by atoms with Crippen LogP contribution in [0, 0.1) is 5.82 Å². The van der Waals surface area contributed by atoms with Crippen LogP contribution in [0.1, 0.15) is 24.6 Å². The average molecular weight is 449 g/mol. The number of nitrogens with two attached hydrogens (primary N) is 1. The van der Waals surface area contributed by atoms with Crippen molar-refractivity contribution in [3.8, 4) is 0 Å². The van der Waals surface area contributed by atoms with Crippen molar-refractivity contribution in [1.82, 2.24) is 34.8 Å². The van der Waals surface area contributed by atoms with Crippen LogP contribution in [0.15, 0.2) is 41.8 Å². The van der Waals surface area contributed by atoms with Crippen molar-refractivity contribution in [3.05, 3.63) is 53.7 Å². The van der Waals surface area contributed by atoms with E-state index < -0.39 is 6.03 Å². The van der Waals surface area contributed by atoms with Gasteiger partial charge in [0.2, 0.25) is 5.65 Å². The van der Waals surface area contributed by atoms with E-state index in [1.165, 1.54) is 21.8 Å². The van der Waals surface area contributed by atoms with Crippen LogP contribution in [0.2, 0.25) is 0 Å². The van der Waals surface area contributed by atoms with Gasteiger partial charge in [-0.1, -0.05) is 16.4 Å². The largest absolute Gasteiger partial charge is 0.390 e. The number of carbonyl (C=O) groups is 1. The summed E-state index contributed by atoms with van der Waals surface area (Å²) in [7, 11) is 0. The van der Waals surface area contributed by atoms with E-state index >= 15 is 0 Å². The molecule has 5 rings (SSSR count). The lowest BCUT2D eigenvalue weighted by atomic mass is 10.1. The molecule has 1 aromatic carbocycles. The third-order valence-electron chi connectivity index (χ3n) is 5.48. The summed E-state index contributed by atoms with van der Waals surface area (Å²) < 4.78 is 16.1. The molecule has 33 heavy (non-hydrogen) atoms. The third kappa shape index (κ3) is 4.14. The van der Waals surface area contributed by atoms with Crippen LogP contribution in [-0.4, -0.2) is 65.8 Å². The molecule has 11 nitrogen and oxygen atoms in total. The molecule has 4 aromatic rings. The Morgan fingerprint density at radius 2 is 2.24 bits per heavy atom. The van der Waals surface area contributed by atoms with Crippen molar-refractivity contribution in [2.24, 2.45) is 10.9 Å². The molecule has 0 aliphatic carbocycles. The fourth-order valence-electron chi connectivity index (χ4n) is 3.68. The van der Waals surface area contributed by atoms with E-state index in [-0.39, 0.29) is 18.5 Å². The van der Waals surface area contributed by atoms with Gasteiger partial charge in [-0.2, -0.15) is 0 Å². The number of fused-ring (bicyclic) bond motifs is 2. The number of oxime groups is 1. The second kappa shape index (κ2) is 8.37. The van der Waals surface area contributed by atoms with E-state index in [2.05, 4.69) is 30.4 Å². The predicted octanol–water partition coefficient (Wildman–Crippen LogP) is 1.85. The maximum atomic E-state index is 14.6. The Bertz CT molecular complexity index is 1390. The number of amides is 2. The number of primary amides is 1. The highest BCUT2D eigenvalue weighted by molar-refractivity contribution is 5.97. The fourth-order valence-corrected chi connectivity index (χ4v) is 3.68. The number of aromatic nitrogens is 6. The summed E-state index contributed by atoms with van der Waals surface area (Å²) in [6.45, 7) is 2.79. The zero-order valence-corrected chi connectivity index (χ0v) is 17.7. The zero-order chi connectivity index (χ0) is 22.9. The van der Waals surface area contributed by atoms with Crippen molar-refractivity contribution in [3.63, 3.8) is 0 Å². The van der Waals surface area contributed by atoms with Gasteiger partial charge in [-0.25, -0.2) is 23.8 Å². The van der Waals surface area contributed by atoms with E-state index in [0.29, 0.717) is 53.3 Å². The maximum Gasteiger partial charge on any atom is 0.314 e. The monoisotopic (exact) mass is 449 g/mol. The molecule has 1 atom stereocenters. The topological polar surface area (TPSA) is 137 Å². The van der Waals surface area contributed by atoms with Crippen molar-refractivity contribution in [2.45, 2.75) is 26.0 Å². The predicted molar refractivity (Wildman–Crippen MR) is 117 cm³/mol. The van der Waals surface area contributed by atoms with Gasteiger partial charge in [-0.15, -0.1) is 5.10 Å². The minimum Gasteiger partial charge on any atom is -0.390 e. The van der Waals surface area contributed by atoms with E-state index in [4.69, 9.17) is 10.6 Å². The Kier molecular flexibility index (Phi) is 5.24. The van der Waals surface area contributed by atoms with Crippen LogP contribution in [0.5, 0.6) is 0 Å². The van der Waals surface area contributed by atoms with Gasteiger partial charge in [0, 0.05) is 36.2 Å². The SMILES string of the molecule is C/C(=N/O[C@H]1CCN(C(N)=O)C1)c1cnc2nnn(Cc3cc4cccnc4cc3F)c2n1. The zero-order valence-electron chi connectivity index (χ0n) is 17.7. The second-order valence-electron chi connectivity index (χ2n) is 7.77. The van der Waals surface area contributed by atoms with Crippen LogP contribution < -0.4 is 5.73 Å². The first-order chi connectivity index (χ1) is 16.0. The van der Waals surface area contributed by atoms with E-state index in [9.17, 15) is 9.18 Å². The first kappa shape index (κ1) is 20.7. The number of pyridine rings is 1.